The number of amides is 1. The van der Waals surface area contributed by atoms with Gasteiger partial charge in [-0.05, 0) is 23.8 Å². The van der Waals surface area contributed by atoms with Crippen LogP contribution in [-0.2, 0) is 11.3 Å². The van der Waals surface area contributed by atoms with Crippen molar-refractivity contribution in [1.82, 2.24) is 14.8 Å². The van der Waals surface area contributed by atoms with Crippen LogP contribution in [0, 0.1) is 0 Å². The van der Waals surface area contributed by atoms with Crippen molar-refractivity contribution < 1.29 is 9.53 Å². The Morgan fingerprint density at radius 1 is 1.10 bits per heavy atom. The average Bonchev–Trinajstić information content (AvgIpc) is 3.18. The molecule has 3 aromatic rings. The molecule has 0 atom stereocenters. The van der Waals surface area contributed by atoms with E-state index in [1.54, 1.807) is 41.3 Å². The molecule has 1 amide bonds. The third-order valence-corrected chi connectivity index (χ3v) is 5.51. The molecule has 150 valence electrons. The number of carbonyl (C=O) groups is 1. The highest BCUT2D eigenvalue weighted by atomic mass is 35.5. The van der Waals surface area contributed by atoms with Gasteiger partial charge in [0.1, 0.15) is 11.6 Å². The Morgan fingerprint density at radius 3 is 2.76 bits per heavy atom. The summed E-state index contributed by atoms with van der Waals surface area (Å²) in [5, 5.41) is 8.18. The summed E-state index contributed by atoms with van der Waals surface area (Å²) in [5.41, 5.74) is 1.32. The van der Waals surface area contributed by atoms with E-state index in [4.69, 9.17) is 27.9 Å². The number of carbonyl (C=O) groups excluding carboxylic acids is 1. The fourth-order valence-electron chi connectivity index (χ4n) is 3.18. The van der Waals surface area contributed by atoms with Gasteiger partial charge in [0.2, 0.25) is 0 Å². The van der Waals surface area contributed by atoms with E-state index >= 15 is 0 Å². The van der Waals surface area contributed by atoms with E-state index in [0.717, 1.165) is 5.56 Å². The van der Waals surface area contributed by atoms with Gasteiger partial charge in [0, 0.05) is 25.4 Å². The lowest BCUT2D eigenvalue weighted by Crippen LogP contribution is -2.38. The Labute approximate surface area is 178 Å². The number of benzene rings is 1. The first-order valence-corrected chi connectivity index (χ1v) is 9.93. The van der Waals surface area contributed by atoms with Crippen molar-refractivity contribution in [3.05, 3.63) is 70.0 Å². The molecular formula is C20H19Cl2N5O2. The standard InChI is InChI=1S/C20H19Cl2N5O2/c21-16-5-1-3-14(18(16)22)13-27-17(6-8-24-27)25-20(28)15-4-2-7-23-19(15)26-9-11-29-12-10-26/h1-8H,9-13H2,(H,25,28). The molecule has 2 aromatic heterocycles. The number of aromatic nitrogens is 3. The number of morpholine rings is 1. The van der Waals surface area contributed by atoms with E-state index in [9.17, 15) is 4.79 Å². The maximum atomic E-state index is 13.0. The van der Waals surface area contributed by atoms with Crippen LogP contribution in [-0.4, -0.2) is 47.0 Å². The van der Waals surface area contributed by atoms with Gasteiger partial charge in [0.05, 0.1) is 41.6 Å². The Bertz CT molecular complexity index is 1020. The molecule has 0 unspecified atom stereocenters. The number of rotatable bonds is 5. The van der Waals surface area contributed by atoms with Crippen LogP contribution in [0.3, 0.4) is 0 Å². The second-order valence-electron chi connectivity index (χ2n) is 6.52. The van der Waals surface area contributed by atoms with Crippen LogP contribution >= 0.6 is 23.2 Å². The van der Waals surface area contributed by atoms with E-state index in [0.29, 0.717) is 60.1 Å². The van der Waals surface area contributed by atoms with Crippen LogP contribution in [0.15, 0.2) is 48.8 Å². The number of hydrogen-bond acceptors (Lipinski definition) is 5. The second-order valence-corrected chi connectivity index (χ2v) is 7.30. The quantitative estimate of drug-likeness (QED) is 0.666. The summed E-state index contributed by atoms with van der Waals surface area (Å²) in [5.74, 6) is 0.957. The van der Waals surface area contributed by atoms with Gasteiger partial charge in [-0.2, -0.15) is 5.10 Å². The number of halogens is 2. The molecule has 0 aliphatic carbocycles. The first-order valence-electron chi connectivity index (χ1n) is 9.17. The molecule has 4 rings (SSSR count). The van der Waals surface area contributed by atoms with Gasteiger partial charge >= 0.3 is 0 Å². The number of hydrogen-bond donors (Lipinski definition) is 1. The predicted octanol–water partition coefficient (Wildman–Crippen LogP) is 3.72. The molecule has 1 aliphatic rings. The number of pyridine rings is 1. The maximum Gasteiger partial charge on any atom is 0.260 e. The zero-order valence-electron chi connectivity index (χ0n) is 15.5. The topological polar surface area (TPSA) is 72.3 Å². The molecule has 1 fully saturated rings. The third-order valence-electron chi connectivity index (χ3n) is 4.65. The van der Waals surface area contributed by atoms with Crippen molar-refractivity contribution in [3.63, 3.8) is 0 Å². The summed E-state index contributed by atoms with van der Waals surface area (Å²) >= 11 is 12.4. The summed E-state index contributed by atoms with van der Waals surface area (Å²) in [6.07, 6.45) is 3.31. The zero-order valence-corrected chi connectivity index (χ0v) is 17.0. The lowest BCUT2D eigenvalue weighted by molar-refractivity contribution is 0.102. The molecule has 0 spiro atoms. The zero-order chi connectivity index (χ0) is 20.2. The van der Waals surface area contributed by atoms with Crippen molar-refractivity contribution in [2.24, 2.45) is 0 Å². The lowest BCUT2D eigenvalue weighted by atomic mass is 10.2. The molecule has 1 N–H and O–H groups in total. The van der Waals surface area contributed by atoms with Gasteiger partial charge in [-0.25, -0.2) is 9.67 Å². The molecule has 1 saturated heterocycles. The molecule has 1 aromatic carbocycles. The largest absolute Gasteiger partial charge is 0.378 e. The van der Waals surface area contributed by atoms with E-state index in [-0.39, 0.29) is 5.91 Å². The van der Waals surface area contributed by atoms with E-state index in [1.165, 1.54) is 0 Å². The minimum atomic E-state index is -0.251. The van der Waals surface area contributed by atoms with Crippen molar-refractivity contribution in [2.45, 2.75) is 6.54 Å². The molecule has 0 radical (unpaired) electrons. The Balaban J connectivity index is 1.55. The molecular weight excluding hydrogens is 413 g/mol. The molecule has 3 heterocycles. The fourth-order valence-corrected chi connectivity index (χ4v) is 3.56. The Hall–Kier alpha value is -2.61. The number of anilines is 2. The van der Waals surface area contributed by atoms with Crippen LogP contribution in [0.5, 0.6) is 0 Å². The highest BCUT2D eigenvalue weighted by Crippen LogP contribution is 2.27. The number of nitrogens with zero attached hydrogens (tertiary/aromatic N) is 4. The van der Waals surface area contributed by atoms with E-state index < -0.39 is 0 Å². The smallest absolute Gasteiger partial charge is 0.260 e. The summed E-state index contributed by atoms with van der Waals surface area (Å²) in [7, 11) is 0. The van der Waals surface area contributed by atoms with Crippen molar-refractivity contribution in [2.75, 3.05) is 36.5 Å². The number of nitrogens with one attached hydrogen (secondary N) is 1. The molecule has 0 saturated carbocycles. The SMILES string of the molecule is O=C(Nc1ccnn1Cc1cccc(Cl)c1Cl)c1cccnc1N1CCOCC1. The highest BCUT2D eigenvalue weighted by molar-refractivity contribution is 6.42. The monoisotopic (exact) mass is 431 g/mol. The van der Waals surface area contributed by atoms with Gasteiger partial charge < -0.3 is 15.0 Å². The molecule has 29 heavy (non-hydrogen) atoms. The minimum Gasteiger partial charge on any atom is -0.378 e. The summed E-state index contributed by atoms with van der Waals surface area (Å²) in [6.45, 7) is 3.01. The Morgan fingerprint density at radius 2 is 1.93 bits per heavy atom. The molecule has 0 bridgehead atoms. The van der Waals surface area contributed by atoms with Gasteiger partial charge in [-0.3, -0.25) is 4.79 Å². The summed E-state index contributed by atoms with van der Waals surface area (Å²) in [6, 6.07) is 10.7. The first kappa shape index (κ1) is 19.7. The predicted molar refractivity (Wildman–Crippen MR) is 113 cm³/mol. The minimum absolute atomic E-state index is 0.251. The normalized spacial score (nSPS) is 14.1. The van der Waals surface area contributed by atoms with Crippen LogP contribution in [0.4, 0.5) is 11.6 Å². The van der Waals surface area contributed by atoms with Crippen LogP contribution in [0.2, 0.25) is 10.0 Å². The average molecular weight is 432 g/mol. The highest BCUT2D eigenvalue weighted by Gasteiger charge is 2.21. The number of ether oxygens (including phenoxy) is 1. The maximum absolute atomic E-state index is 13.0. The lowest BCUT2D eigenvalue weighted by Gasteiger charge is -2.29. The van der Waals surface area contributed by atoms with E-state index in [2.05, 4.69) is 20.3 Å². The molecule has 1 aliphatic heterocycles. The van der Waals surface area contributed by atoms with Crippen LogP contribution in [0.25, 0.3) is 0 Å². The second kappa shape index (κ2) is 8.82. The van der Waals surface area contributed by atoms with Gasteiger partial charge in [-0.15, -0.1) is 0 Å². The van der Waals surface area contributed by atoms with Crippen molar-refractivity contribution in [3.8, 4) is 0 Å². The van der Waals surface area contributed by atoms with Gasteiger partial charge in [-0.1, -0.05) is 35.3 Å². The Kier molecular flexibility index (Phi) is 5.99. The fraction of sp³-hybridized carbons (Fsp3) is 0.250. The molecule has 7 nitrogen and oxygen atoms in total. The van der Waals surface area contributed by atoms with Crippen LogP contribution < -0.4 is 10.2 Å². The third kappa shape index (κ3) is 4.37. The van der Waals surface area contributed by atoms with Crippen molar-refractivity contribution >= 4 is 40.7 Å². The molecule has 9 heteroatoms. The van der Waals surface area contributed by atoms with E-state index in [1.807, 2.05) is 12.1 Å². The van der Waals surface area contributed by atoms with Crippen molar-refractivity contribution in [1.29, 1.82) is 0 Å². The van der Waals surface area contributed by atoms with Gasteiger partial charge in [0.15, 0.2) is 0 Å². The summed E-state index contributed by atoms with van der Waals surface area (Å²) in [4.78, 5) is 19.5. The van der Waals surface area contributed by atoms with Gasteiger partial charge in [0.25, 0.3) is 5.91 Å². The summed E-state index contributed by atoms with van der Waals surface area (Å²) < 4.78 is 7.06. The first-order chi connectivity index (χ1) is 14.1. The van der Waals surface area contributed by atoms with Crippen LogP contribution in [0.1, 0.15) is 15.9 Å².